The third-order valence-corrected chi connectivity index (χ3v) is 2.18. The Kier molecular flexibility index (Phi) is 3.63. The zero-order chi connectivity index (χ0) is 10.7. The molecule has 0 aromatic heterocycles. The van der Waals surface area contributed by atoms with Crippen LogP contribution in [0, 0.1) is 17.0 Å². The van der Waals surface area contributed by atoms with Gasteiger partial charge in [-0.3, -0.25) is 5.41 Å². The summed E-state index contributed by atoms with van der Waals surface area (Å²) in [5, 5.41) is 7.11. The largest absolute Gasteiger partial charge is 0.346 e. The summed E-state index contributed by atoms with van der Waals surface area (Å²) in [6.45, 7) is 0. The van der Waals surface area contributed by atoms with Gasteiger partial charge in [0.1, 0.15) is 11.6 Å². The molecular weight excluding hydrogens is 211 g/mol. The van der Waals surface area contributed by atoms with Crippen LogP contribution in [0.1, 0.15) is 5.56 Å². The lowest BCUT2D eigenvalue weighted by molar-refractivity contribution is 0.499. The van der Waals surface area contributed by atoms with Gasteiger partial charge in [-0.2, -0.15) is 0 Å². The van der Waals surface area contributed by atoms with E-state index in [0.717, 1.165) is 12.1 Å². The molecule has 3 nitrogen and oxygen atoms in total. The smallest absolute Gasteiger partial charge is 0.214 e. The van der Waals surface area contributed by atoms with Crippen molar-refractivity contribution in [1.29, 1.82) is 5.41 Å². The zero-order valence-corrected chi connectivity index (χ0v) is 7.93. The van der Waals surface area contributed by atoms with Gasteiger partial charge in [0.15, 0.2) is 0 Å². The normalized spacial score (nSPS) is 10.6. The summed E-state index contributed by atoms with van der Waals surface area (Å²) in [5.41, 5.74) is -0.131. The van der Waals surface area contributed by atoms with E-state index < -0.39 is 20.0 Å². The molecule has 0 bridgehead atoms. The Morgan fingerprint density at radius 3 is 2.14 bits per heavy atom. The highest BCUT2D eigenvalue weighted by Crippen LogP contribution is 2.26. The van der Waals surface area contributed by atoms with E-state index in [1.54, 1.807) is 0 Å². The second kappa shape index (κ2) is 4.55. The summed E-state index contributed by atoms with van der Waals surface area (Å²) in [5.74, 6) is -1.49. The van der Waals surface area contributed by atoms with Crippen LogP contribution in [0.15, 0.2) is 18.2 Å². The first-order chi connectivity index (χ1) is 6.49. The maximum Gasteiger partial charge on any atom is 0.214 e. The quantitative estimate of drug-likeness (QED) is 0.536. The fraction of sp³-hybridized carbons (Fsp3) is 0.125. The SMILES string of the molecule is N=C(Cc1cc(F)cc(F)c1)P(O)O. The third kappa shape index (κ3) is 3.10. The number of hydrogen-bond acceptors (Lipinski definition) is 3. The van der Waals surface area contributed by atoms with Crippen LogP contribution in [0.2, 0.25) is 0 Å². The van der Waals surface area contributed by atoms with Gasteiger partial charge in [0.25, 0.3) is 0 Å². The Bertz CT molecular complexity index is 337. The summed E-state index contributed by atoms with van der Waals surface area (Å²) in [4.78, 5) is 17.3. The first-order valence-electron chi connectivity index (χ1n) is 3.69. The van der Waals surface area contributed by atoms with Crippen LogP contribution in [0.3, 0.4) is 0 Å². The van der Waals surface area contributed by atoms with Crippen molar-refractivity contribution in [3.05, 3.63) is 35.4 Å². The van der Waals surface area contributed by atoms with Gasteiger partial charge in [-0.15, -0.1) is 0 Å². The van der Waals surface area contributed by atoms with Crippen molar-refractivity contribution in [3.63, 3.8) is 0 Å². The fourth-order valence-corrected chi connectivity index (χ4v) is 1.30. The van der Waals surface area contributed by atoms with E-state index in [-0.39, 0.29) is 17.4 Å². The molecule has 0 aliphatic carbocycles. The molecule has 6 heteroatoms. The number of halogens is 2. The number of hydrogen-bond donors (Lipinski definition) is 3. The zero-order valence-electron chi connectivity index (χ0n) is 7.04. The van der Waals surface area contributed by atoms with Crippen LogP contribution in [0.4, 0.5) is 8.78 Å². The van der Waals surface area contributed by atoms with Gasteiger partial charge in [0, 0.05) is 12.5 Å². The Labute approximate surface area is 80.4 Å². The minimum atomic E-state index is -2.47. The van der Waals surface area contributed by atoms with Crippen LogP contribution >= 0.6 is 8.38 Å². The van der Waals surface area contributed by atoms with Crippen LogP contribution < -0.4 is 0 Å². The molecule has 76 valence electrons. The predicted octanol–water partition coefficient (Wildman–Crippen LogP) is 1.78. The minimum absolute atomic E-state index is 0.159. The molecule has 0 atom stereocenters. The molecule has 1 rings (SSSR count). The van der Waals surface area contributed by atoms with Crippen LogP contribution in [0.5, 0.6) is 0 Å². The molecule has 0 unspecified atom stereocenters. The van der Waals surface area contributed by atoms with Gasteiger partial charge in [0.2, 0.25) is 8.38 Å². The third-order valence-electron chi connectivity index (χ3n) is 1.54. The van der Waals surface area contributed by atoms with Gasteiger partial charge < -0.3 is 9.79 Å². The van der Waals surface area contributed by atoms with Crippen LogP contribution in [-0.4, -0.2) is 15.2 Å². The lowest BCUT2D eigenvalue weighted by Crippen LogP contribution is -2.00. The van der Waals surface area contributed by atoms with Gasteiger partial charge in [-0.1, -0.05) is 0 Å². The molecule has 0 radical (unpaired) electrons. The highest BCUT2D eigenvalue weighted by Gasteiger charge is 2.10. The highest BCUT2D eigenvalue weighted by atomic mass is 31.2. The van der Waals surface area contributed by atoms with Crippen molar-refractivity contribution in [2.24, 2.45) is 0 Å². The Morgan fingerprint density at radius 1 is 1.21 bits per heavy atom. The van der Waals surface area contributed by atoms with Gasteiger partial charge in [-0.25, -0.2) is 8.78 Å². The number of rotatable bonds is 3. The molecule has 0 aliphatic heterocycles. The van der Waals surface area contributed by atoms with Gasteiger partial charge in [0.05, 0.1) is 5.45 Å². The van der Waals surface area contributed by atoms with E-state index in [4.69, 9.17) is 15.2 Å². The Morgan fingerprint density at radius 2 is 1.71 bits per heavy atom. The molecule has 1 aromatic rings. The molecule has 0 saturated carbocycles. The average molecular weight is 219 g/mol. The van der Waals surface area contributed by atoms with E-state index >= 15 is 0 Å². The van der Waals surface area contributed by atoms with Gasteiger partial charge >= 0.3 is 0 Å². The van der Waals surface area contributed by atoms with Crippen LogP contribution in [-0.2, 0) is 6.42 Å². The monoisotopic (exact) mass is 219 g/mol. The summed E-state index contributed by atoms with van der Waals surface area (Å²) >= 11 is 0. The molecule has 0 aliphatic rings. The van der Waals surface area contributed by atoms with Crippen molar-refractivity contribution < 1.29 is 18.6 Å². The van der Waals surface area contributed by atoms with Gasteiger partial charge in [-0.05, 0) is 17.7 Å². The topological polar surface area (TPSA) is 64.3 Å². The molecule has 0 saturated heterocycles. The minimum Gasteiger partial charge on any atom is -0.346 e. The molecular formula is C8H8F2NO2P. The summed E-state index contributed by atoms with van der Waals surface area (Å²) in [6.07, 6.45) is -0.159. The molecule has 14 heavy (non-hydrogen) atoms. The van der Waals surface area contributed by atoms with Crippen molar-refractivity contribution >= 4 is 13.8 Å². The van der Waals surface area contributed by atoms with E-state index in [9.17, 15) is 8.78 Å². The van der Waals surface area contributed by atoms with Crippen molar-refractivity contribution in [2.75, 3.05) is 0 Å². The standard InChI is InChI=1S/C8H8F2NO2P/c9-6-1-5(2-7(10)4-6)3-8(11)14(12)13/h1-2,4,11-13H,3H2. The molecule has 1 aromatic carbocycles. The fourth-order valence-electron chi connectivity index (χ4n) is 0.977. The second-order valence-electron chi connectivity index (χ2n) is 2.69. The lowest BCUT2D eigenvalue weighted by atomic mass is 10.1. The molecule has 0 amide bonds. The maximum absolute atomic E-state index is 12.6. The van der Waals surface area contributed by atoms with E-state index in [0.29, 0.717) is 6.07 Å². The van der Waals surface area contributed by atoms with Crippen molar-refractivity contribution in [1.82, 2.24) is 0 Å². The molecule has 3 N–H and O–H groups in total. The summed E-state index contributed by atoms with van der Waals surface area (Å²) in [7, 11) is -2.47. The first-order valence-corrected chi connectivity index (χ1v) is 4.94. The summed E-state index contributed by atoms with van der Waals surface area (Å²) in [6, 6.07) is 2.82. The second-order valence-corrected chi connectivity index (χ2v) is 3.81. The van der Waals surface area contributed by atoms with E-state index in [1.165, 1.54) is 0 Å². The Hall–Kier alpha value is -0.900. The van der Waals surface area contributed by atoms with E-state index in [2.05, 4.69) is 0 Å². The summed E-state index contributed by atoms with van der Waals surface area (Å²) < 4.78 is 25.3. The maximum atomic E-state index is 12.6. The van der Waals surface area contributed by atoms with Crippen LogP contribution in [0.25, 0.3) is 0 Å². The lowest BCUT2D eigenvalue weighted by Gasteiger charge is -2.04. The predicted molar refractivity (Wildman–Crippen MR) is 49.1 cm³/mol. The number of nitrogens with one attached hydrogen (secondary N) is 1. The number of benzene rings is 1. The molecule has 0 fully saturated rings. The molecule has 0 spiro atoms. The first kappa shape index (κ1) is 11.2. The Balaban J connectivity index is 2.82. The highest BCUT2D eigenvalue weighted by molar-refractivity contribution is 7.64. The molecule has 0 heterocycles. The van der Waals surface area contributed by atoms with Crippen molar-refractivity contribution in [2.45, 2.75) is 6.42 Å². The van der Waals surface area contributed by atoms with E-state index in [1.807, 2.05) is 0 Å². The van der Waals surface area contributed by atoms with Crippen molar-refractivity contribution in [3.8, 4) is 0 Å². The average Bonchev–Trinajstić information content (AvgIpc) is 2.01.